The van der Waals surface area contributed by atoms with Crippen LogP contribution in [0.2, 0.25) is 0 Å². The first-order valence-electron chi connectivity index (χ1n) is 5.67. The number of hydrogen-bond donors (Lipinski definition) is 1. The molecule has 2 heterocycles. The molecule has 0 saturated carbocycles. The third-order valence-corrected chi connectivity index (χ3v) is 2.68. The maximum atomic E-state index is 5.63. The van der Waals surface area contributed by atoms with Gasteiger partial charge in [0.05, 0.1) is 11.8 Å². The highest BCUT2D eigenvalue weighted by molar-refractivity contribution is 5.02. The van der Waals surface area contributed by atoms with Gasteiger partial charge in [-0.15, -0.1) is 0 Å². The summed E-state index contributed by atoms with van der Waals surface area (Å²) in [5, 5.41) is 3.38. The van der Waals surface area contributed by atoms with Crippen LogP contribution in [0.4, 0.5) is 0 Å². The van der Waals surface area contributed by atoms with Gasteiger partial charge in [0.1, 0.15) is 0 Å². The van der Waals surface area contributed by atoms with Crippen LogP contribution < -0.4 is 5.32 Å². The Kier molecular flexibility index (Phi) is 4.11. The van der Waals surface area contributed by atoms with Gasteiger partial charge in [0.15, 0.2) is 0 Å². The Balaban J connectivity index is 1.66. The zero-order chi connectivity index (χ0) is 10.3. The van der Waals surface area contributed by atoms with Crippen LogP contribution in [0.5, 0.6) is 0 Å². The predicted octanol–water partition coefficient (Wildman–Crippen LogP) is 1.74. The average molecular weight is 206 g/mol. The molecule has 1 aliphatic rings. The molecular weight excluding hydrogens is 188 g/mol. The fourth-order valence-electron chi connectivity index (χ4n) is 1.83. The molecule has 82 valence electrons. The van der Waals surface area contributed by atoms with Crippen LogP contribution in [0.3, 0.4) is 0 Å². The maximum absolute atomic E-state index is 5.63. The fourth-order valence-corrected chi connectivity index (χ4v) is 1.83. The molecule has 0 aromatic carbocycles. The summed E-state index contributed by atoms with van der Waals surface area (Å²) < 4.78 is 5.63. The molecule has 0 bridgehead atoms. The zero-order valence-electron chi connectivity index (χ0n) is 8.98. The summed E-state index contributed by atoms with van der Waals surface area (Å²) in [6.07, 6.45) is 5.94. The number of nitrogens with one attached hydrogen (secondary N) is 1. The monoisotopic (exact) mass is 206 g/mol. The molecule has 0 radical (unpaired) electrons. The van der Waals surface area contributed by atoms with Gasteiger partial charge in [0.25, 0.3) is 0 Å². The van der Waals surface area contributed by atoms with Crippen molar-refractivity contribution in [3.05, 3.63) is 30.1 Å². The van der Waals surface area contributed by atoms with Crippen LogP contribution in [0.15, 0.2) is 24.4 Å². The van der Waals surface area contributed by atoms with Crippen molar-refractivity contribution < 1.29 is 4.74 Å². The molecule has 2 rings (SSSR count). The second-order valence-corrected chi connectivity index (χ2v) is 3.94. The highest BCUT2D eigenvalue weighted by Gasteiger charge is 2.12. The van der Waals surface area contributed by atoms with E-state index < -0.39 is 0 Å². The van der Waals surface area contributed by atoms with Crippen LogP contribution in [-0.2, 0) is 11.3 Å². The summed E-state index contributed by atoms with van der Waals surface area (Å²) in [5.41, 5.74) is 1.09. The molecular formula is C12H18N2O. The second kappa shape index (κ2) is 5.83. The highest BCUT2D eigenvalue weighted by atomic mass is 16.5. The van der Waals surface area contributed by atoms with E-state index in [0.29, 0.717) is 6.10 Å². The summed E-state index contributed by atoms with van der Waals surface area (Å²) in [7, 11) is 0. The fraction of sp³-hybridized carbons (Fsp3) is 0.583. The Labute approximate surface area is 90.9 Å². The normalized spacial score (nSPS) is 21.5. The Hall–Kier alpha value is -0.930. The van der Waals surface area contributed by atoms with E-state index in [1.807, 2.05) is 24.4 Å². The Bertz CT molecular complexity index is 270. The third-order valence-electron chi connectivity index (χ3n) is 2.68. The molecule has 1 N–H and O–H groups in total. The standard InChI is InChI=1S/C12H18N2O/c1-3-7-14-11(5-1)9-13-10-12-6-2-4-8-15-12/h1,3,5,7,12-13H,2,4,6,8-10H2. The van der Waals surface area contributed by atoms with Gasteiger partial charge < -0.3 is 10.1 Å². The summed E-state index contributed by atoms with van der Waals surface area (Å²) in [6, 6.07) is 5.99. The predicted molar refractivity (Wildman–Crippen MR) is 59.5 cm³/mol. The molecule has 15 heavy (non-hydrogen) atoms. The largest absolute Gasteiger partial charge is 0.377 e. The van der Waals surface area contributed by atoms with E-state index in [0.717, 1.165) is 25.4 Å². The summed E-state index contributed by atoms with van der Waals surface area (Å²) in [6.45, 7) is 2.70. The van der Waals surface area contributed by atoms with Crippen molar-refractivity contribution in [3.63, 3.8) is 0 Å². The van der Waals surface area contributed by atoms with Gasteiger partial charge in [-0.25, -0.2) is 0 Å². The average Bonchev–Trinajstić information content (AvgIpc) is 2.32. The van der Waals surface area contributed by atoms with E-state index in [1.165, 1.54) is 19.3 Å². The Morgan fingerprint density at radius 2 is 2.40 bits per heavy atom. The number of hydrogen-bond acceptors (Lipinski definition) is 3. The first kappa shape index (κ1) is 10.6. The number of aromatic nitrogens is 1. The lowest BCUT2D eigenvalue weighted by molar-refractivity contribution is 0.0167. The van der Waals surface area contributed by atoms with E-state index in [2.05, 4.69) is 10.3 Å². The molecule has 1 aromatic heterocycles. The lowest BCUT2D eigenvalue weighted by atomic mass is 10.1. The third kappa shape index (κ3) is 3.61. The molecule has 1 aromatic rings. The van der Waals surface area contributed by atoms with Crippen molar-refractivity contribution in [2.75, 3.05) is 13.2 Å². The SMILES string of the molecule is c1ccc(CNCC2CCCCO2)nc1. The van der Waals surface area contributed by atoms with Crippen molar-refractivity contribution in [1.29, 1.82) is 0 Å². The van der Waals surface area contributed by atoms with E-state index in [4.69, 9.17) is 4.74 Å². The molecule has 1 unspecified atom stereocenters. The molecule has 3 heteroatoms. The van der Waals surface area contributed by atoms with E-state index in [-0.39, 0.29) is 0 Å². The number of pyridine rings is 1. The maximum Gasteiger partial charge on any atom is 0.0699 e. The van der Waals surface area contributed by atoms with E-state index in [1.54, 1.807) is 0 Å². The van der Waals surface area contributed by atoms with Crippen molar-refractivity contribution in [3.8, 4) is 0 Å². The summed E-state index contributed by atoms with van der Waals surface area (Å²) in [4.78, 5) is 4.26. The molecule has 3 nitrogen and oxygen atoms in total. The molecule has 1 atom stereocenters. The van der Waals surface area contributed by atoms with Crippen LogP contribution in [-0.4, -0.2) is 24.2 Å². The second-order valence-electron chi connectivity index (χ2n) is 3.94. The minimum atomic E-state index is 0.405. The molecule has 0 aliphatic carbocycles. The van der Waals surface area contributed by atoms with E-state index >= 15 is 0 Å². The van der Waals surface area contributed by atoms with Crippen LogP contribution >= 0.6 is 0 Å². The Morgan fingerprint density at radius 3 is 3.13 bits per heavy atom. The van der Waals surface area contributed by atoms with Gasteiger partial charge in [-0.3, -0.25) is 4.98 Å². The van der Waals surface area contributed by atoms with Crippen molar-refractivity contribution in [2.24, 2.45) is 0 Å². The van der Waals surface area contributed by atoms with Gasteiger partial charge in [-0.1, -0.05) is 6.07 Å². The van der Waals surface area contributed by atoms with Gasteiger partial charge in [0.2, 0.25) is 0 Å². The van der Waals surface area contributed by atoms with Gasteiger partial charge in [0, 0.05) is 25.9 Å². The van der Waals surface area contributed by atoms with Crippen LogP contribution in [0, 0.1) is 0 Å². The molecule has 1 saturated heterocycles. The van der Waals surface area contributed by atoms with Gasteiger partial charge >= 0.3 is 0 Å². The lowest BCUT2D eigenvalue weighted by Gasteiger charge is -2.22. The highest BCUT2D eigenvalue weighted by Crippen LogP contribution is 2.11. The first-order chi connectivity index (χ1) is 7.45. The van der Waals surface area contributed by atoms with Crippen molar-refractivity contribution in [2.45, 2.75) is 31.9 Å². The van der Waals surface area contributed by atoms with Crippen molar-refractivity contribution in [1.82, 2.24) is 10.3 Å². The summed E-state index contributed by atoms with van der Waals surface area (Å²) >= 11 is 0. The first-order valence-corrected chi connectivity index (χ1v) is 5.67. The van der Waals surface area contributed by atoms with Gasteiger partial charge in [-0.2, -0.15) is 0 Å². The number of rotatable bonds is 4. The summed E-state index contributed by atoms with van der Waals surface area (Å²) in [5.74, 6) is 0. The number of ether oxygens (including phenoxy) is 1. The minimum Gasteiger partial charge on any atom is -0.377 e. The smallest absolute Gasteiger partial charge is 0.0699 e. The number of nitrogens with zero attached hydrogens (tertiary/aromatic N) is 1. The van der Waals surface area contributed by atoms with Crippen molar-refractivity contribution >= 4 is 0 Å². The topological polar surface area (TPSA) is 34.1 Å². The quantitative estimate of drug-likeness (QED) is 0.814. The molecule has 1 fully saturated rings. The Morgan fingerprint density at radius 1 is 1.40 bits per heavy atom. The molecule has 1 aliphatic heterocycles. The molecule has 0 spiro atoms. The van der Waals surface area contributed by atoms with E-state index in [9.17, 15) is 0 Å². The zero-order valence-corrected chi connectivity index (χ0v) is 8.98. The minimum absolute atomic E-state index is 0.405. The molecule has 0 amide bonds. The van der Waals surface area contributed by atoms with Crippen LogP contribution in [0.1, 0.15) is 25.0 Å². The van der Waals surface area contributed by atoms with Crippen LogP contribution in [0.25, 0.3) is 0 Å². The van der Waals surface area contributed by atoms with Gasteiger partial charge in [-0.05, 0) is 31.4 Å². The lowest BCUT2D eigenvalue weighted by Crippen LogP contribution is -2.31.